The Labute approximate surface area is 146 Å². The van der Waals surface area contributed by atoms with Crippen LogP contribution in [0.3, 0.4) is 0 Å². The lowest BCUT2D eigenvalue weighted by Gasteiger charge is -2.35. The number of fused-ring (bicyclic) bond motifs is 1. The molecule has 0 bridgehead atoms. The highest BCUT2D eigenvalue weighted by Crippen LogP contribution is 2.41. The number of carbonyl (C=O) groups excluding carboxylic acids is 1. The first-order valence-electron chi connectivity index (χ1n) is 9.10. The van der Waals surface area contributed by atoms with E-state index in [0.29, 0.717) is 31.8 Å². The van der Waals surface area contributed by atoms with Crippen molar-refractivity contribution in [2.75, 3.05) is 13.1 Å². The molecule has 1 aliphatic carbocycles. The van der Waals surface area contributed by atoms with Gasteiger partial charge in [0.15, 0.2) is 0 Å². The van der Waals surface area contributed by atoms with E-state index in [1.165, 1.54) is 17.7 Å². The predicted octanol–water partition coefficient (Wildman–Crippen LogP) is 4.10. The number of benzene rings is 1. The molecule has 2 heterocycles. The van der Waals surface area contributed by atoms with E-state index in [-0.39, 0.29) is 11.7 Å². The number of H-pyrrole nitrogens is 1. The average Bonchev–Trinajstić information content (AvgIpc) is 3.28. The number of aromatic amines is 1. The predicted molar refractivity (Wildman–Crippen MR) is 93.3 cm³/mol. The number of nitrogens with one attached hydrogen (secondary N) is 1. The Hall–Kier alpha value is -2.35. The molecule has 1 aromatic carbocycles. The smallest absolute Gasteiger partial charge is 0.243 e. The molecule has 2 aliphatic rings. The van der Waals surface area contributed by atoms with Gasteiger partial charge >= 0.3 is 0 Å². The van der Waals surface area contributed by atoms with Crippen LogP contribution in [0.4, 0.5) is 4.39 Å². The van der Waals surface area contributed by atoms with Crippen molar-refractivity contribution in [3.8, 4) is 6.07 Å². The summed E-state index contributed by atoms with van der Waals surface area (Å²) in [6, 6.07) is 7.16. The Kier molecular flexibility index (Phi) is 3.99. The molecule has 25 heavy (non-hydrogen) atoms. The van der Waals surface area contributed by atoms with Crippen LogP contribution in [-0.2, 0) is 4.79 Å². The van der Waals surface area contributed by atoms with Crippen LogP contribution >= 0.6 is 0 Å². The van der Waals surface area contributed by atoms with Gasteiger partial charge in [0.25, 0.3) is 0 Å². The second-order valence-electron chi connectivity index (χ2n) is 7.40. The highest BCUT2D eigenvalue weighted by molar-refractivity contribution is 5.86. The number of aromatic nitrogens is 1. The lowest BCUT2D eigenvalue weighted by molar-refractivity contribution is -0.139. The van der Waals surface area contributed by atoms with Crippen molar-refractivity contribution in [2.24, 2.45) is 5.41 Å². The number of nitrogens with zero attached hydrogens (tertiary/aromatic N) is 2. The van der Waals surface area contributed by atoms with Gasteiger partial charge in [0.05, 0.1) is 6.07 Å². The summed E-state index contributed by atoms with van der Waals surface area (Å²) in [5.74, 6) is 0.163. The van der Waals surface area contributed by atoms with Gasteiger partial charge in [-0.15, -0.1) is 0 Å². The maximum Gasteiger partial charge on any atom is 0.243 e. The second-order valence-corrected chi connectivity index (χ2v) is 7.40. The Bertz CT molecular complexity index is 836. The third-order valence-electron chi connectivity index (χ3n) is 5.98. The molecule has 0 spiro atoms. The highest BCUT2D eigenvalue weighted by atomic mass is 19.1. The van der Waals surface area contributed by atoms with Crippen molar-refractivity contribution < 1.29 is 9.18 Å². The van der Waals surface area contributed by atoms with Crippen LogP contribution in [0.25, 0.3) is 10.9 Å². The van der Waals surface area contributed by atoms with Gasteiger partial charge in [0.2, 0.25) is 5.91 Å². The van der Waals surface area contributed by atoms with Crippen molar-refractivity contribution >= 4 is 16.8 Å². The number of rotatable bonds is 2. The zero-order valence-electron chi connectivity index (χ0n) is 14.2. The number of amides is 1. The number of halogens is 1. The topological polar surface area (TPSA) is 59.9 Å². The Morgan fingerprint density at radius 1 is 1.28 bits per heavy atom. The van der Waals surface area contributed by atoms with E-state index < -0.39 is 5.41 Å². The molecule has 0 radical (unpaired) electrons. The molecule has 2 aromatic rings. The first-order valence-corrected chi connectivity index (χ1v) is 9.10. The standard InChI is InChI=1S/C20H22FN3O/c21-15-3-4-16-17(12-23-18(16)11-15)14-5-9-24(10-6-14)19(25)20(13-22)7-1-2-8-20/h3-4,11-12,14,23H,1-2,5-10H2. The first-order chi connectivity index (χ1) is 12.1. The molecule has 4 rings (SSSR count). The van der Waals surface area contributed by atoms with Crippen molar-refractivity contribution in [3.63, 3.8) is 0 Å². The van der Waals surface area contributed by atoms with Crippen LogP contribution in [0.2, 0.25) is 0 Å². The van der Waals surface area contributed by atoms with Gasteiger partial charge in [-0.25, -0.2) is 4.39 Å². The van der Waals surface area contributed by atoms with E-state index in [4.69, 9.17) is 0 Å². The van der Waals surface area contributed by atoms with Gasteiger partial charge in [-0.05, 0) is 55.4 Å². The summed E-state index contributed by atoms with van der Waals surface area (Å²) < 4.78 is 13.4. The molecule has 0 atom stereocenters. The summed E-state index contributed by atoms with van der Waals surface area (Å²) in [4.78, 5) is 17.9. The number of hydrogen-bond donors (Lipinski definition) is 1. The van der Waals surface area contributed by atoms with Gasteiger partial charge in [0, 0.05) is 30.2 Å². The molecule has 1 saturated heterocycles. The minimum atomic E-state index is -0.773. The summed E-state index contributed by atoms with van der Waals surface area (Å²) in [7, 11) is 0. The summed E-state index contributed by atoms with van der Waals surface area (Å²) in [5.41, 5.74) is 1.26. The number of piperidine rings is 1. The average molecular weight is 339 g/mol. The molecule has 1 saturated carbocycles. The van der Waals surface area contributed by atoms with Crippen molar-refractivity contribution in [3.05, 3.63) is 35.8 Å². The van der Waals surface area contributed by atoms with Crippen LogP contribution < -0.4 is 0 Å². The molecule has 2 fully saturated rings. The Morgan fingerprint density at radius 2 is 2.00 bits per heavy atom. The highest BCUT2D eigenvalue weighted by Gasteiger charge is 2.44. The Morgan fingerprint density at radius 3 is 2.68 bits per heavy atom. The quantitative estimate of drug-likeness (QED) is 0.895. The van der Waals surface area contributed by atoms with E-state index in [1.54, 1.807) is 0 Å². The minimum Gasteiger partial charge on any atom is -0.361 e. The fourth-order valence-electron chi connectivity index (χ4n) is 4.51. The van der Waals surface area contributed by atoms with Crippen LogP contribution in [0.1, 0.15) is 50.0 Å². The zero-order valence-corrected chi connectivity index (χ0v) is 14.2. The molecular formula is C20H22FN3O. The van der Waals surface area contributed by atoms with Gasteiger partial charge in [-0.2, -0.15) is 5.26 Å². The van der Waals surface area contributed by atoms with Gasteiger partial charge in [0.1, 0.15) is 11.2 Å². The van der Waals surface area contributed by atoms with Gasteiger partial charge < -0.3 is 9.88 Å². The van der Waals surface area contributed by atoms with Crippen LogP contribution in [0.15, 0.2) is 24.4 Å². The van der Waals surface area contributed by atoms with Gasteiger partial charge in [-0.1, -0.05) is 12.8 Å². The molecule has 1 aliphatic heterocycles. The van der Waals surface area contributed by atoms with E-state index in [2.05, 4.69) is 11.1 Å². The largest absolute Gasteiger partial charge is 0.361 e. The van der Waals surface area contributed by atoms with E-state index in [9.17, 15) is 14.4 Å². The monoisotopic (exact) mass is 339 g/mol. The fraction of sp³-hybridized carbons (Fsp3) is 0.500. The third kappa shape index (κ3) is 2.70. The molecule has 1 N–H and O–H groups in total. The zero-order chi connectivity index (χ0) is 17.4. The number of carbonyl (C=O) groups is 1. The van der Waals surface area contributed by atoms with Crippen molar-refractivity contribution in [1.29, 1.82) is 5.26 Å². The lowest BCUT2D eigenvalue weighted by atomic mass is 9.84. The molecule has 1 amide bonds. The third-order valence-corrected chi connectivity index (χ3v) is 5.98. The second kappa shape index (κ2) is 6.18. The number of hydrogen-bond acceptors (Lipinski definition) is 2. The number of likely N-dealkylation sites (tertiary alicyclic amines) is 1. The lowest BCUT2D eigenvalue weighted by Crippen LogP contribution is -2.45. The fourth-order valence-corrected chi connectivity index (χ4v) is 4.51. The molecule has 5 heteroatoms. The van der Waals surface area contributed by atoms with E-state index in [1.807, 2.05) is 17.2 Å². The van der Waals surface area contributed by atoms with Crippen LogP contribution in [-0.4, -0.2) is 28.9 Å². The van der Waals surface area contributed by atoms with Gasteiger partial charge in [-0.3, -0.25) is 4.79 Å². The maximum absolute atomic E-state index is 13.4. The van der Waals surface area contributed by atoms with Crippen molar-refractivity contribution in [1.82, 2.24) is 9.88 Å². The molecule has 0 unspecified atom stereocenters. The Balaban J connectivity index is 1.48. The van der Waals surface area contributed by atoms with E-state index >= 15 is 0 Å². The molecule has 1 aromatic heterocycles. The van der Waals surface area contributed by atoms with Crippen molar-refractivity contribution in [2.45, 2.75) is 44.4 Å². The molecule has 4 nitrogen and oxygen atoms in total. The van der Waals surface area contributed by atoms with E-state index in [0.717, 1.165) is 36.6 Å². The normalized spacial score (nSPS) is 20.7. The van der Waals surface area contributed by atoms with Crippen LogP contribution in [0.5, 0.6) is 0 Å². The van der Waals surface area contributed by atoms with Crippen LogP contribution in [0, 0.1) is 22.6 Å². The molecule has 130 valence electrons. The first kappa shape index (κ1) is 16.1. The summed E-state index contributed by atoms with van der Waals surface area (Å²) in [6.07, 6.45) is 7.10. The SMILES string of the molecule is N#CC1(C(=O)N2CCC(c3c[nH]c4cc(F)ccc34)CC2)CCCC1. The summed E-state index contributed by atoms with van der Waals surface area (Å²) >= 11 is 0. The summed E-state index contributed by atoms with van der Waals surface area (Å²) in [5, 5.41) is 10.6. The molecular weight excluding hydrogens is 317 g/mol. The summed E-state index contributed by atoms with van der Waals surface area (Å²) in [6.45, 7) is 1.39. The maximum atomic E-state index is 13.4. The minimum absolute atomic E-state index is 0.0342. The number of nitriles is 1.